The van der Waals surface area contributed by atoms with Crippen LogP contribution in [0.1, 0.15) is 25.7 Å². The number of fused-ring (bicyclic) bond motifs is 6. The van der Waals surface area contributed by atoms with E-state index >= 15 is 0 Å². The van der Waals surface area contributed by atoms with Crippen molar-refractivity contribution in [3.05, 3.63) is 12.2 Å². The molecule has 4 aliphatic carbocycles. The Morgan fingerprint density at radius 1 is 1.23 bits per heavy atom. The van der Waals surface area contributed by atoms with Gasteiger partial charge in [-0.05, 0) is 42.9 Å². The van der Waals surface area contributed by atoms with E-state index < -0.39 is 0 Å². The summed E-state index contributed by atoms with van der Waals surface area (Å²) in [5, 5.41) is 0. The van der Waals surface area contributed by atoms with Gasteiger partial charge in [0.1, 0.15) is 5.78 Å². The largest absolute Gasteiger partial charge is 0.299 e. The summed E-state index contributed by atoms with van der Waals surface area (Å²) in [4.78, 5) is 11.9. The molecule has 3 fully saturated rings. The molecule has 13 heavy (non-hydrogen) atoms. The van der Waals surface area contributed by atoms with E-state index in [0.717, 1.165) is 5.92 Å². The maximum atomic E-state index is 11.9. The lowest BCUT2D eigenvalue weighted by molar-refractivity contribution is -0.122. The van der Waals surface area contributed by atoms with Crippen molar-refractivity contribution >= 4 is 5.78 Å². The average molecular weight is 174 g/mol. The molecule has 1 heteroatoms. The lowest BCUT2D eigenvalue weighted by Crippen LogP contribution is -2.23. The summed E-state index contributed by atoms with van der Waals surface area (Å²) < 4.78 is 0. The Kier molecular flexibility index (Phi) is 0.928. The highest BCUT2D eigenvalue weighted by Gasteiger charge is 2.65. The van der Waals surface area contributed by atoms with Crippen LogP contribution in [-0.4, -0.2) is 5.78 Å². The van der Waals surface area contributed by atoms with Gasteiger partial charge in [-0.1, -0.05) is 12.2 Å². The molecule has 3 saturated carbocycles. The van der Waals surface area contributed by atoms with Crippen LogP contribution in [0.3, 0.4) is 0 Å². The maximum Gasteiger partial charge on any atom is 0.139 e. The number of ketones is 1. The third-order valence-corrected chi connectivity index (χ3v) is 4.97. The standard InChI is InChI=1S/C12H14O/c13-11-8-1-2-9(11)10-7(8)3-4-12(10)5-6-12/h3-4,7-10H,1-2,5-6H2/t7-,8+,9-,10-/m0/s1. The van der Waals surface area contributed by atoms with Crippen LogP contribution in [0.4, 0.5) is 0 Å². The Labute approximate surface area is 78.2 Å². The van der Waals surface area contributed by atoms with Crippen molar-refractivity contribution in [1.29, 1.82) is 0 Å². The van der Waals surface area contributed by atoms with Crippen molar-refractivity contribution in [2.45, 2.75) is 25.7 Å². The topological polar surface area (TPSA) is 17.1 Å². The predicted molar refractivity (Wildman–Crippen MR) is 49.0 cm³/mol. The van der Waals surface area contributed by atoms with Gasteiger partial charge in [0.05, 0.1) is 0 Å². The van der Waals surface area contributed by atoms with Gasteiger partial charge in [0.2, 0.25) is 0 Å². The predicted octanol–water partition coefficient (Wildman–Crippen LogP) is 2.18. The summed E-state index contributed by atoms with van der Waals surface area (Å²) in [6, 6.07) is 0. The molecule has 0 aromatic carbocycles. The summed E-state index contributed by atoms with van der Waals surface area (Å²) in [6.45, 7) is 0. The van der Waals surface area contributed by atoms with Crippen molar-refractivity contribution in [2.75, 3.05) is 0 Å². The van der Waals surface area contributed by atoms with Crippen molar-refractivity contribution in [2.24, 2.45) is 29.1 Å². The molecule has 0 N–H and O–H groups in total. The molecule has 4 aliphatic rings. The zero-order valence-corrected chi connectivity index (χ0v) is 7.70. The van der Waals surface area contributed by atoms with E-state index in [1.54, 1.807) is 0 Å². The Balaban J connectivity index is 1.84. The fourth-order valence-corrected chi connectivity index (χ4v) is 4.27. The number of carbonyl (C=O) groups is 1. The van der Waals surface area contributed by atoms with Gasteiger partial charge in [-0.3, -0.25) is 4.79 Å². The molecule has 2 bridgehead atoms. The van der Waals surface area contributed by atoms with E-state index in [2.05, 4.69) is 12.2 Å². The van der Waals surface area contributed by atoms with Crippen LogP contribution in [0.5, 0.6) is 0 Å². The van der Waals surface area contributed by atoms with Crippen LogP contribution in [0.15, 0.2) is 12.2 Å². The van der Waals surface area contributed by atoms with Crippen LogP contribution in [0.25, 0.3) is 0 Å². The number of allylic oxidation sites excluding steroid dienone is 2. The molecule has 0 aliphatic heterocycles. The Bertz CT molecular complexity index is 324. The van der Waals surface area contributed by atoms with E-state index in [-0.39, 0.29) is 0 Å². The monoisotopic (exact) mass is 174 g/mol. The number of hydrogen-bond donors (Lipinski definition) is 0. The Morgan fingerprint density at radius 2 is 2.00 bits per heavy atom. The quantitative estimate of drug-likeness (QED) is 0.514. The van der Waals surface area contributed by atoms with Gasteiger partial charge in [-0.15, -0.1) is 0 Å². The van der Waals surface area contributed by atoms with Crippen LogP contribution in [0.2, 0.25) is 0 Å². The maximum absolute atomic E-state index is 11.9. The van der Waals surface area contributed by atoms with Gasteiger partial charge in [0, 0.05) is 11.8 Å². The van der Waals surface area contributed by atoms with Crippen molar-refractivity contribution in [1.82, 2.24) is 0 Å². The number of carbonyl (C=O) groups excluding carboxylic acids is 1. The van der Waals surface area contributed by atoms with E-state index in [1.165, 1.54) is 25.7 Å². The first-order chi connectivity index (χ1) is 6.32. The molecule has 0 aromatic rings. The van der Waals surface area contributed by atoms with E-state index in [9.17, 15) is 4.79 Å². The van der Waals surface area contributed by atoms with Gasteiger partial charge in [0.25, 0.3) is 0 Å². The minimum atomic E-state index is 0.436. The van der Waals surface area contributed by atoms with Crippen molar-refractivity contribution in [3.8, 4) is 0 Å². The fourth-order valence-electron chi connectivity index (χ4n) is 4.27. The highest BCUT2D eigenvalue weighted by atomic mass is 16.1. The lowest BCUT2D eigenvalue weighted by atomic mass is 9.75. The summed E-state index contributed by atoms with van der Waals surface area (Å²) in [5.41, 5.74) is 0.528. The fraction of sp³-hybridized carbons (Fsp3) is 0.750. The molecular weight excluding hydrogens is 160 g/mol. The third kappa shape index (κ3) is 0.589. The number of hydrogen-bond acceptors (Lipinski definition) is 1. The smallest absolute Gasteiger partial charge is 0.139 e. The van der Waals surface area contributed by atoms with E-state index in [1.807, 2.05) is 0 Å². The van der Waals surface area contributed by atoms with Crippen LogP contribution in [-0.2, 0) is 4.79 Å². The molecule has 4 rings (SSSR count). The van der Waals surface area contributed by atoms with Crippen molar-refractivity contribution in [3.63, 3.8) is 0 Å². The minimum Gasteiger partial charge on any atom is -0.299 e. The molecule has 0 heterocycles. The zero-order valence-electron chi connectivity index (χ0n) is 7.70. The first kappa shape index (κ1) is 6.80. The second-order valence-electron chi connectivity index (χ2n) is 5.39. The first-order valence-electron chi connectivity index (χ1n) is 5.55. The summed E-state index contributed by atoms with van der Waals surface area (Å²) >= 11 is 0. The van der Waals surface area contributed by atoms with Crippen LogP contribution < -0.4 is 0 Å². The van der Waals surface area contributed by atoms with E-state index in [0.29, 0.717) is 29.0 Å². The minimum absolute atomic E-state index is 0.436. The molecule has 4 atom stereocenters. The Hall–Kier alpha value is -0.590. The van der Waals surface area contributed by atoms with Gasteiger partial charge < -0.3 is 0 Å². The van der Waals surface area contributed by atoms with Gasteiger partial charge >= 0.3 is 0 Å². The second-order valence-corrected chi connectivity index (χ2v) is 5.39. The molecule has 1 nitrogen and oxygen atoms in total. The van der Waals surface area contributed by atoms with Crippen LogP contribution in [0, 0.1) is 29.1 Å². The SMILES string of the molecule is O=C1[C@H]2CC[C@@H]1[C@@H]1C=CC3(CC3)[C@@H]12. The molecule has 1 spiro atoms. The molecule has 68 valence electrons. The number of Topliss-reactive ketones (excluding diaryl/α,β-unsaturated/α-hetero) is 1. The Morgan fingerprint density at radius 3 is 2.77 bits per heavy atom. The van der Waals surface area contributed by atoms with E-state index in [4.69, 9.17) is 0 Å². The molecule has 0 saturated heterocycles. The molecular formula is C12H14O. The molecule has 0 unspecified atom stereocenters. The normalized spacial score (nSPS) is 53.4. The number of rotatable bonds is 0. The average Bonchev–Trinajstić information content (AvgIpc) is 2.60. The summed E-state index contributed by atoms with van der Waals surface area (Å²) in [5.74, 6) is 2.93. The summed E-state index contributed by atoms with van der Waals surface area (Å²) in [7, 11) is 0. The highest BCUT2D eigenvalue weighted by Crippen LogP contribution is 2.69. The van der Waals surface area contributed by atoms with Crippen LogP contribution >= 0.6 is 0 Å². The van der Waals surface area contributed by atoms with Gasteiger partial charge in [-0.25, -0.2) is 0 Å². The van der Waals surface area contributed by atoms with Crippen molar-refractivity contribution < 1.29 is 4.79 Å². The second kappa shape index (κ2) is 1.77. The molecule has 0 amide bonds. The lowest BCUT2D eigenvalue weighted by Gasteiger charge is -2.27. The summed E-state index contributed by atoms with van der Waals surface area (Å²) in [6.07, 6.45) is 9.93. The molecule has 0 radical (unpaired) electrons. The zero-order chi connectivity index (χ0) is 8.63. The first-order valence-corrected chi connectivity index (χ1v) is 5.55. The molecule has 0 aromatic heterocycles. The van der Waals surface area contributed by atoms with Gasteiger partial charge in [-0.2, -0.15) is 0 Å². The third-order valence-electron chi connectivity index (χ3n) is 4.97. The highest BCUT2D eigenvalue weighted by molar-refractivity contribution is 5.89. The van der Waals surface area contributed by atoms with Gasteiger partial charge in [0.15, 0.2) is 0 Å².